The molecule has 0 amide bonds. The molecule has 0 saturated heterocycles. The van der Waals surface area contributed by atoms with Crippen molar-refractivity contribution in [2.24, 2.45) is 0 Å². The number of ether oxygens (including phenoxy) is 1. The van der Waals surface area contributed by atoms with E-state index in [1.165, 1.54) is 5.56 Å². The van der Waals surface area contributed by atoms with Gasteiger partial charge in [0.05, 0.1) is 12.1 Å². The predicted octanol–water partition coefficient (Wildman–Crippen LogP) is 2.04. The minimum atomic E-state index is 0.683. The van der Waals surface area contributed by atoms with Crippen LogP contribution in [0.1, 0.15) is 5.56 Å². The van der Waals surface area contributed by atoms with Gasteiger partial charge in [0.2, 0.25) is 0 Å². The van der Waals surface area contributed by atoms with Crippen molar-refractivity contribution in [3.8, 4) is 5.75 Å². The van der Waals surface area contributed by atoms with E-state index in [4.69, 9.17) is 16.3 Å². The minimum absolute atomic E-state index is 0.683. The lowest BCUT2D eigenvalue weighted by molar-refractivity contribution is 0.339. The third kappa shape index (κ3) is 4.94. The maximum Gasteiger partial charge on any atom is 0.137 e. The number of hydrogen-bond donors (Lipinski definition) is 1. The molecule has 0 aliphatic carbocycles. The van der Waals surface area contributed by atoms with Gasteiger partial charge in [0.25, 0.3) is 0 Å². The molecule has 0 aliphatic rings. The van der Waals surface area contributed by atoms with Crippen molar-refractivity contribution >= 4 is 11.6 Å². The second kappa shape index (κ2) is 7.54. The molecule has 0 fully saturated rings. The van der Waals surface area contributed by atoms with Crippen LogP contribution >= 0.6 is 11.6 Å². The van der Waals surface area contributed by atoms with Gasteiger partial charge in [-0.15, -0.1) is 0 Å². The second-order valence-corrected chi connectivity index (χ2v) is 4.53. The summed E-state index contributed by atoms with van der Waals surface area (Å²) in [6, 6.07) is 5.97. The Bertz CT molecular complexity index is 344. The summed E-state index contributed by atoms with van der Waals surface area (Å²) in [5.41, 5.74) is 1.24. The lowest BCUT2D eigenvalue weighted by atomic mass is 10.1. The molecular formula is C13H21ClN2O. The zero-order valence-corrected chi connectivity index (χ0v) is 11.5. The smallest absolute Gasteiger partial charge is 0.137 e. The third-order valence-electron chi connectivity index (χ3n) is 2.74. The Balaban J connectivity index is 2.44. The van der Waals surface area contributed by atoms with E-state index in [0.29, 0.717) is 5.02 Å². The van der Waals surface area contributed by atoms with Crippen LogP contribution in [0.4, 0.5) is 0 Å². The first-order valence-electron chi connectivity index (χ1n) is 5.83. The van der Waals surface area contributed by atoms with Crippen LogP contribution in [0, 0.1) is 0 Å². The highest BCUT2D eigenvalue weighted by atomic mass is 35.5. The molecular weight excluding hydrogens is 236 g/mol. The van der Waals surface area contributed by atoms with Crippen LogP contribution < -0.4 is 10.1 Å². The van der Waals surface area contributed by atoms with Crippen LogP contribution in [0.15, 0.2) is 18.2 Å². The quantitative estimate of drug-likeness (QED) is 0.808. The highest BCUT2D eigenvalue weighted by molar-refractivity contribution is 6.32. The summed E-state index contributed by atoms with van der Waals surface area (Å²) in [4.78, 5) is 2.30. The van der Waals surface area contributed by atoms with Gasteiger partial charge in [-0.2, -0.15) is 0 Å². The predicted molar refractivity (Wildman–Crippen MR) is 73.1 cm³/mol. The molecule has 1 aromatic carbocycles. The van der Waals surface area contributed by atoms with E-state index in [-0.39, 0.29) is 0 Å². The van der Waals surface area contributed by atoms with Crippen LogP contribution in [0.3, 0.4) is 0 Å². The van der Waals surface area contributed by atoms with Gasteiger partial charge < -0.3 is 15.0 Å². The fourth-order valence-electron chi connectivity index (χ4n) is 1.60. The van der Waals surface area contributed by atoms with Gasteiger partial charge in [-0.1, -0.05) is 17.7 Å². The van der Waals surface area contributed by atoms with E-state index >= 15 is 0 Å². The summed E-state index contributed by atoms with van der Waals surface area (Å²) >= 11 is 6.08. The first-order valence-corrected chi connectivity index (χ1v) is 6.20. The number of hydrogen-bond acceptors (Lipinski definition) is 3. The van der Waals surface area contributed by atoms with E-state index in [1.807, 2.05) is 19.2 Å². The van der Waals surface area contributed by atoms with E-state index in [0.717, 1.165) is 31.8 Å². The molecule has 1 rings (SSSR count). The van der Waals surface area contributed by atoms with E-state index in [2.05, 4.69) is 23.3 Å². The van der Waals surface area contributed by atoms with Crippen molar-refractivity contribution in [1.82, 2.24) is 10.2 Å². The molecule has 0 spiro atoms. The average molecular weight is 257 g/mol. The summed E-state index contributed by atoms with van der Waals surface area (Å²) in [6.45, 7) is 3.10. The number of benzene rings is 1. The summed E-state index contributed by atoms with van der Waals surface area (Å²) in [5, 5.41) is 3.82. The monoisotopic (exact) mass is 256 g/mol. The molecule has 0 saturated carbocycles. The topological polar surface area (TPSA) is 24.5 Å². The van der Waals surface area contributed by atoms with Crippen molar-refractivity contribution in [3.05, 3.63) is 28.8 Å². The van der Waals surface area contributed by atoms with E-state index < -0.39 is 0 Å². The number of halogens is 1. The molecule has 0 bridgehead atoms. The Labute approximate surface area is 109 Å². The molecule has 1 aromatic rings. The van der Waals surface area contributed by atoms with Gasteiger partial charge in [-0.3, -0.25) is 0 Å². The SMILES string of the molecule is CNCCN(C)CCc1ccc(OC)c(Cl)c1. The molecule has 0 heterocycles. The van der Waals surface area contributed by atoms with Crippen LogP contribution in [-0.2, 0) is 6.42 Å². The molecule has 1 N–H and O–H groups in total. The van der Waals surface area contributed by atoms with Crippen molar-refractivity contribution in [2.75, 3.05) is 40.8 Å². The van der Waals surface area contributed by atoms with Crippen LogP contribution in [-0.4, -0.2) is 45.7 Å². The molecule has 0 atom stereocenters. The lowest BCUT2D eigenvalue weighted by Crippen LogP contribution is -2.29. The zero-order valence-electron chi connectivity index (χ0n) is 10.8. The summed E-state index contributed by atoms with van der Waals surface area (Å²) < 4.78 is 5.13. The minimum Gasteiger partial charge on any atom is -0.495 e. The Morgan fingerprint density at radius 3 is 2.71 bits per heavy atom. The van der Waals surface area contributed by atoms with Crippen molar-refractivity contribution in [2.45, 2.75) is 6.42 Å². The fraction of sp³-hybridized carbons (Fsp3) is 0.538. The number of nitrogens with one attached hydrogen (secondary N) is 1. The van der Waals surface area contributed by atoms with Gasteiger partial charge in [-0.05, 0) is 38.2 Å². The van der Waals surface area contributed by atoms with E-state index in [1.54, 1.807) is 7.11 Å². The van der Waals surface area contributed by atoms with Gasteiger partial charge in [0, 0.05) is 19.6 Å². The van der Waals surface area contributed by atoms with Crippen molar-refractivity contribution in [1.29, 1.82) is 0 Å². The molecule has 3 nitrogen and oxygen atoms in total. The highest BCUT2D eigenvalue weighted by Crippen LogP contribution is 2.25. The molecule has 96 valence electrons. The zero-order chi connectivity index (χ0) is 12.7. The van der Waals surface area contributed by atoms with Gasteiger partial charge in [-0.25, -0.2) is 0 Å². The first-order chi connectivity index (χ1) is 8.17. The summed E-state index contributed by atoms with van der Waals surface area (Å²) in [6.07, 6.45) is 1.00. The number of methoxy groups -OCH3 is 1. The van der Waals surface area contributed by atoms with Crippen LogP contribution in [0.2, 0.25) is 5.02 Å². The Hall–Kier alpha value is -0.770. The van der Waals surface area contributed by atoms with Gasteiger partial charge >= 0.3 is 0 Å². The average Bonchev–Trinajstić information content (AvgIpc) is 2.34. The van der Waals surface area contributed by atoms with Crippen molar-refractivity contribution in [3.63, 3.8) is 0 Å². The van der Waals surface area contributed by atoms with Crippen LogP contribution in [0.5, 0.6) is 5.75 Å². The highest BCUT2D eigenvalue weighted by Gasteiger charge is 2.03. The molecule has 17 heavy (non-hydrogen) atoms. The third-order valence-corrected chi connectivity index (χ3v) is 3.04. The van der Waals surface area contributed by atoms with Gasteiger partial charge in [0.1, 0.15) is 5.75 Å². The summed E-state index contributed by atoms with van der Waals surface area (Å²) in [7, 11) is 5.73. The van der Waals surface area contributed by atoms with Crippen LogP contribution in [0.25, 0.3) is 0 Å². The maximum absolute atomic E-state index is 6.08. The molecule has 0 unspecified atom stereocenters. The summed E-state index contributed by atoms with van der Waals surface area (Å²) in [5.74, 6) is 0.735. The lowest BCUT2D eigenvalue weighted by Gasteiger charge is -2.16. The molecule has 4 heteroatoms. The van der Waals surface area contributed by atoms with Gasteiger partial charge in [0.15, 0.2) is 0 Å². The van der Waals surface area contributed by atoms with E-state index in [9.17, 15) is 0 Å². The molecule has 0 aromatic heterocycles. The number of likely N-dealkylation sites (N-methyl/N-ethyl adjacent to an activating group) is 2. The number of rotatable bonds is 7. The van der Waals surface area contributed by atoms with Crippen molar-refractivity contribution < 1.29 is 4.74 Å². The maximum atomic E-state index is 6.08. The largest absolute Gasteiger partial charge is 0.495 e. The Morgan fingerprint density at radius 2 is 2.12 bits per heavy atom. The molecule has 0 aliphatic heterocycles. The second-order valence-electron chi connectivity index (χ2n) is 4.13. The first kappa shape index (κ1) is 14.3. The number of nitrogens with zero attached hydrogens (tertiary/aromatic N) is 1. The Kier molecular flexibility index (Phi) is 6.34. The molecule has 0 radical (unpaired) electrons. The fourth-order valence-corrected chi connectivity index (χ4v) is 1.88. The standard InChI is InChI=1S/C13H21ClN2O/c1-15-7-9-16(2)8-6-11-4-5-13(17-3)12(14)10-11/h4-5,10,15H,6-9H2,1-3H3. The Morgan fingerprint density at radius 1 is 1.35 bits per heavy atom. The normalized spacial score (nSPS) is 10.9.